The van der Waals surface area contributed by atoms with Crippen LogP contribution < -0.4 is 26.5 Å². The molecule has 2 rings (SSSR count). The van der Waals surface area contributed by atoms with Crippen LogP contribution >= 0.6 is 0 Å². The second-order valence-electron chi connectivity index (χ2n) is 1.78. The molecule has 0 unspecified atom stereocenters. The molecular weight excluding hydrogens is 268 g/mol. The van der Waals surface area contributed by atoms with E-state index < -0.39 is 0 Å². The Kier molecular flexibility index (Phi) is 19.2. The Bertz CT molecular complexity index is 209. The maximum absolute atomic E-state index is 5.06. The molecule has 0 fully saturated rings. The molecule has 2 nitrogen and oxygen atoms in total. The monoisotopic (exact) mass is 284 g/mol. The van der Waals surface area contributed by atoms with Gasteiger partial charge in [-0.05, 0) is 0 Å². The van der Waals surface area contributed by atoms with Crippen LogP contribution in [0.2, 0.25) is 0 Å². The van der Waals surface area contributed by atoms with Crippen LogP contribution in [0.3, 0.4) is 0 Å². The Morgan fingerprint density at radius 3 is 2.13 bits per heavy atom. The standard InChI is InChI=1S/C7H5O2.2C2H6.BrH.Mg/c1-2-4-7-6(3-1)8-5-9-7;2*1-2;;/h1,3-4H,5H2;2*1-2H3;1H;/q-1;;;;+2/p-1. The van der Waals surface area contributed by atoms with E-state index in [4.69, 9.17) is 9.47 Å². The summed E-state index contributed by atoms with van der Waals surface area (Å²) >= 11 is 0. The maximum Gasteiger partial charge on any atom is 2.00 e. The zero-order chi connectivity index (χ0) is 10.1. The zero-order valence-corrected chi connectivity index (χ0v) is 12.8. The van der Waals surface area contributed by atoms with Crippen LogP contribution in [0.4, 0.5) is 0 Å². The van der Waals surface area contributed by atoms with Crippen molar-refractivity contribution in [2.45, 2.75) is 27.7 Å². The van der Waals surface area contributed by atoms with E-state index in [2.05, 4.69) is 6.07 Å². The number of rotatable bonds is 0. The van der Waals surface area contributed by atoms with Gasteiger partial charge in [0.25, 0.3) is 0 Å². The molecule has 1 aliphatic heterocycles. The van der Waals surface area contributed by atoms with E-state index in [1.54, 1.807) is 12.1 Å². The van der Waals surface area contributed by atoms with E-state index in [1.807, 2.05) is 33.8 Å². The number of halogens is 1. The van der Waals surface area contributed by atoms with Gasteiger partial charge in [0.05, 0.1) is 11.5 Å². The van der Waals surface area contributed by atoms with Crippen LogP contribution in [-0.2, 0) is 0 Å². The van der Waals surface area contributed by atoms with Gasteiger partial charge in [0.1, 0.15) is 0 Å². The first-order valence-electron chi connectivity index (χ1n) is 4.72. The van der Waals surface area contributed by atoms with Crippen molar-refractivity contribution in [3.63, 3.8) is 0 Å². The Morgan fingerprint density at radius 1 is 1.07 bits per heavy atom. The number of fused-ring (bicyclic) bond motifs is 1. The molecule has 0 bridgehead atoms. The molecule has 0 saturated carbocycles. The Balaban J connectivity index is -0.000000218. The molecule has 0 N–H and O–H groups in total. The van der Waals surface area contributed by atoms with Crippen LogP contribution in [0.15, 0.2) is 18.2 Å². The van der Waals surface area contributed by atoms with Crippen molar-refractivity contribution in [3.05, 3.63) is 24.3 Å². The molecule has 1 aromatic carbocycles. The molecule has 1 heterocycles. The largest absolute Gasteiger partial charge is 2.00 e. The van der Waals surface area contributed by atoms with Crippen LogP contribution in [0.5, 0.6) is 11.5 Å². The smallest absolute Gasteiger partial charge is 1.00 e. The minimum atomic E-state index is 0. The summed E-state index contributed by atoms with van der Waals surface area (Å²) in [7, 11) is 0. The van der Waals surface area contributed by atoms with Gasteiger partial charge >= 0.3 is 23.1 Å². The van der Waals surface area contributed by atoms with E-state index in [0.717, 1.165) is 11.5 Å². The summed E-state index contributed by atoms with van der Waals surface area (Å²) in [5.74, 6) is 1.60. The number of hydrogen-bond donors (Lipinski definition) is 0. The molecule has 0 radical (unpaired) electrons. The van der Waals surface area contributed by atoms with Gasteiger partial charge < -0.3 is 26.5 Å². The topological polar surface area (TPSA) is 18.5 Å². The quantitative estimate of drug-likeness (QED) is 0.489. The van der Waals surface area contributed by atoms with Gasteiger partial charge in [-0.1, -0.05) is 27.7 Å². The van der Waals surface area contributed by atoms with Gasteiger partial charge in [-0.15, -0.1) is 12.1 Å². The fourth-order valence-electron chi connectivity index (χ4n) is 0.789. The van der Waals surface area contributed by atoms with E-state index in [0.29, 0.717) is 6.79 Å². The molecule has 15 heavy (non-hydrogen) atoms. The van der Waals surface area contributed by atoms with Crippen LogP contribution in [0.25, 0.3) is 0 Å². The summed E-state index contributed by atoms with van der Waals surface area (Å²) in [6, 6.07) is 8.29. The molecule has 0 amide bonds. The predicted octanol–water partition coefficient (Wildman–Crippen LogP) is -0.109. The van der Waals surface area contributed by atoms with Crippen molar-refractivity contribution < 1.29 is 26.5 Å². The van der Waals surface area contributed by atoms with Crippen molar-refractivity contribution in [1.82, 2.24) is 0 Å². The van der Waals surface area contributed by atoms with Crippen LogP contribution in [0, 0.1) is 6.07 Å². The normalized spacial score (nSPS) is 9.07. The molecule has 4 heteroatoms. The van der Waals surface area contributed by atoms with Crippen molar-refractivity contribution >= 4 is 23.1 Å². The molecule has 0 aliphatic carbocycles. The minimum absolute atomic E-state index is 0. The molecule has 0 saturated heterocycles. The fraction of sp³-hybridized carbons (Fsp3) is 0.455. The van der Waals surface area contributed by atoms with E-state index >= 15 is 0 Å². The van der Waals surface area contributed by atoms with Gasteiger partial charge in [0.2, 0.25) is 6.79 Å². The van der Waals surface area contributed by atoms with Gasteiger partial charge in [-0.25, -0.2) is 0 Å². The molecule has 0 spiro atoms. The van der Waals surface area contributed by atoms with E-state index in [-0.39, 0.29) is 40.0 Å². The second kappa shape index (κ2) is 14.1. The van der Waals surface area contributed by atoms with Gasteiger partial charge in [0, 0.05) is 0 Å². The summed E-state index contributed by atoms with van der Waals surface area (Å²) in [6.07, 6.45) is 0. The third-order valence-corrected chi connectivity index (χ3v) is 1.22. The number of ether oxygens (including phenoxy) is 2. The van der Waals surface area contributed by atoms with Crippen LogP contribution in [-0.4, -0.2) is 29.8 Å². The Hall–Kier alpha value is 0.0662. The maximum atomic E-state index is 5.06. The van der Waals surface area contributed by atoms with Crippen molar-refractivity contribution in [2.75, 3.05) is 6.79 Å². The number of benzene rings is 1. The first-order chi connectivity index (χ1) is 6.47. The average Bonchev–Trinajstić information content (AvgIpc) is 2.71. The molecule has 1 aliphatic rings. The third kappa shape index (κ3) is 7.03. The van der Waals surface area contributed by atoms with Gasteiger partial charge in [-0.2, -0.15) is 12.1 Å². The molecule has 0 aromatic heterocycles. The zero-order valence-electron chi connectivity index (χ0n) is 9.84. The molecular formula is C11H17BrMgO2. The summed E-state index contributed by atoms with van der Waals surface area (Å²) in [5.41, 5.74) is 0. The van der Waals surface area contributed by atoms with Crippen LogP contribution in [0.1, 0.15) is 27.7 Å². The number of hydrogen-bond acceptors (Lipinski definition) is 2. The molecule has 82 valence electrons. The summed E-state index contributed by atoms with van der Waals surface area (Å²) < 4.78 is 10.1. The van der Waals surface area contributed by atoms with E-state index in [9.17, 15) is 0 Å². The van der Waals surface area contributed by atoms with Crippen molar-refractivity contribution in [3.8, 4) is 11.5 Å². The summed E-state index contributed by atoms with van der Waals surface area (Å²) in [5, 5.41) is 0. The average molecular weight is 285 g/mol. The van der Waals surface area contributed by atoms with Crippen molar-refractivity contribution in [1.29, 1.82) is 0 Å². The third-order valence-electron chi connectivity index (χ3n) is 1.22. The Labute approximate surface area is 119 Å². The minimum Gasteiger partial charge on any atom is -1.00 e. The first kappa shape index (κ1) is 20.5. The van der Waals surface area contributed by atoms with Gasteiger partial charge in [-0.3, -0.25) is 0 Å². The SMILES string of the molecule is CC.CC.[Br-].[Mg+2].[c-]1ccc2c(c1)OCO2. The fourth-order valence-corrected chi connectivity index (χ4v) is 0.789. The second-order valence-corrected chi connectivity index (χ2v) is 1.78. The predicted molar refractivity (Wildman–Crippen MR) is 59.9 cm³/mol. The molecule has 0 atom stereocenters. The van der Waals surface area contributed by atoms with Crippen molar-refractivity contribution in [2.24, 2.45) is 0 Å². The summed E-state index contributed by atoms with van der Waals surface area (Å²) in [6.45, 7) is 8.34. The Morgan fingerprint density at radius 2 is 1.60 bits per heavy atom. The van der Waals surface area contributed by atoms with Gasteiger partial charge in [0.15, 0.2) is 0 Å². The summed E-state index contributed by atoms with van der Waals surface area (Å²) in [4.78, 5) is 0. The molecule has 1 aromatic rings. The van der Waals surface area contributed by atoms with E-state index in [1.165, 1.54) is 0 Å². The first-order valence-corrected chi connectivity index (χ1v) is 4.72.